The zero-order chi connectivity index (χ0) is 26.9. The Bertz CT molecular complexity index is 964. The number of ether oxygens (including phenoxy) is 3. The fourth-order valence-corrected chi connectivity index (χ4v) is 11.0. The molecule has 1 spiro atoms. The zero-order valence-electron chi connectivity index (χ0n) is 23.7. The van der Waals surface area contributed by atoms with Crippen LogP contribution in [0.3, 0.4) is 0 Å². The molecule has 0 bridgehead atoms. The fraction of sp³-hybridized carbons (Fsp3) is 0.967. The lowest BCUT2D eigenvalue weighted by atomic mass is 9.43. The highest BCUT2D eigenvalue weighted by Crippen LogP contribution is 2.72. The summed E-state index contributed by atoms with van der Waals surface area (Å²) in [5.74, 6) is -0.172. The minimum atomic E-state index is -1.15. The van der Waals surface area contributed by atoms with Crippen molar-refractivity contribution in [3.05, 3.63) is 0 Å². The van der Waals surface area contributed by atoms with Crippen molar-refractivity contribution >= 4 is 5.97 Å². The van der Waals surface area contributed by atoms with E-state index in [0.29, 0.717) is 43.4 Å². The van der Waals surface area contributed by atoms with E-state index < -0.39 is 29.7 Å². The first-order valence-electron chi connectivity index (χ1n) is 14.7. The molecule has 7 nitrogen and oxygen atoms in total. The predicted molar refractivity (Wildman–Crippen MR) is 136 cm³/mol. The van der Waals surface area contributed by atoms with E-state index >= 15 is 0 Å². The second kappa shape index (κ2) is 7.93. The van der Waals surface area contributed by atoms with Crippen molar-refractivity contribution in [2.75, 3.05) is 0 Å². The maximum Gasteiger partial charge on any atom is 0.302 e. The molecule has 4 unspecified atom stereocenters. The molecule has 2 saturated heterocycles. The molecule has 0 aromatic carbocycles. The van der Waals surface area contributed by atoms with Crippen molar-refractivity contribution in [3.8, 4) is 0 Å². The van der Waals surface area contributed by atoms with Gasteiger partial charge >= 0.3 is 5.97 Å². The number of aliphatic hydroxyl groups is 3. The Balaban J connectivity index is 1.31. The highest BCUT2D eigenvalue weighted by molar-refractivity contribution is 5.66. The van der Waals surface area contributed by atoms with Gasteiger partial charge in [-0.3, -0.25) is 4.79 Å². The molecule has 6 aliphatic rings. The van der Waals surface area contributed by atoms with E-state index in [2.05, 4.69) is 34.6 Å². The summed E-state index contributed by atoms with van der Waals surface area (Å²) < 4.78 is 18.9. The second-order valence-electron chi connectivity index (χ2n) is 15.1. The van der Waals surface area contributed by atoms with Gasteiger partial charge in [0.2, 0.25) is 0 Å². The zero-order valence-corrected chi connectivity index (χ0v) is 23.7. The predicted octanol–water partition coefficient (Wildman–Crippen LogP) is 3.81. The van der Waals surface area contributed by atoms with Gasteiger partial charge in [0.05, 0.1) is 23.9 Å². The minimum Gasteiger partial charge on any atom is -0.460 e. The maximum atomic E-state index is 12.2. The third-order valence-corrected chi connectivity index (χ3v) is 12.8. The first-order valence-corrected chi connectivity index (χ1v) is 14.7. The van der Waals surface area contributed by atoms with Crippen LogP contribution in [0.5, 0.6) is 0 Å². The third-order valence-electron chi connectivity index (χ3n) is 12.8. The van der Waals surface area contributed by atoms with Gasteiger partial charge in [0, 0.05) is 19.3 Å². The normalized spacial score (nSPS) is 59.9. The Morgan fingerprint density at radius 1 is 0.946 bits per heavy atom. The van der Waals surface area contributed by atoms with E-state index in [1.165, 1.54) is 6.92 Å². The average molecular weight is 521 g/mol. The standard InChI is InChI=1S/C30H48O7/c1-15-12-30(37-26(15,3)4)29(7,34)25-22(36-30)11-19-18-9-8-17-10-20(32)23(35-16(2)31)14-27(17,5)24(18)21(33)13-28(19,25)6/h15,17-25,32-34H,8-14H2,1-7H3/t15-,17?,18?,19?,20-,21-,22-,23+,24?,25-,27-,28-,29+,30+/m0/s1. The van der Waals surface area contributed by atoms with Crippen LogP contribution in [0.4, 0.5) is 0 Å². The molecule has 0 aromatic rings. The first-order chi connectivity index (χ1) is 17.1. The number of carbonyl (C=O) groups excluding carboxylic acids is 1. The SMILES string of the molecule is CC(=O)O[C@@H]1C[C@@]2(C)C(CCC3C2[C@@H](O)C[C@@]2(C)C3C[C@@H]3O[C@@]4(C[C@H](C)C(C)(C)O4)[C@](C)(O)[C@@H]32)C[C@@H]1O. The Labute approximate surface area is 221 Å². The number of carbonyl (C=O) groups is 1. The Hall–Kier alpha value is -0.730. The molecule has 14 atom stereocenters. The quantitative estimate of drug-likeness (QED) is 0.452. The smallest absolute Gasteiger partial charge is 0.302 e. The lowest BCUT2D eigenvalue weighted by Gasteiger charge is -2.63. The van der Waals surface area contributed by atoms with Gasteiger partial charge in [-0.2, -0.15) is 0 Å². The molecule has 37 heavy (non-hydrogen) atoms. The van der Waals surface area contributed by atoms with Gasteiger partial charge < -0.3 is 29.5 Å². The van der Waals surface area contributed by atoms with Gasteiger partial charge in [0.15, 0.2) is 5.79 Å². The number of rotatable bonds is 1. The Morgan fingerprint density at radius 3 is 2.27 bits per heavy atom. The summed E-state index contributed by atoms with van der Waals surface area (Å²) in [5.41, 5.74) is -1.98. The van der Waals surface area contributed by atoms with Crippen LogP contribution in [0.15, 0.2) is 0 Å². The van der Waals surface area contributed by atoms with E-state index in [0.717, 1.165) is 19.3 Å². The Kier molecular flexibility index (Phi) is 5.68. The van der Waals surface area contributed by atoms with Gasteiger partial charge in [0.1, 0.15) is 11.7 Å². The van der Waals surface area contributed by atoms with Crippen molar-refractivity contribution in [1.29, 1.82) is 0 Å². The van der Waals surface area contributed by atoms with Gasteiger partial charge in [-0.15, -0.1) is 0 Å². The van der Waals surface area contributed by atoms with Crippen LogP contribution in [0.2, 0.25) is 0 Å². The second-order valence-corrected chi connectivity index (χ2v) is 15.1. The molecule has 0 aromatic heterocycles. The van der Waals surface area contributed by atoms with Crippen molar-refractivity contribution in [2.24, 2.45) is 46.3 Å². The first kappa shape index (κ1) is 26.5. The largest absolute Gasteiger partial charge is 0.460 e. The summed E-state index contributed by atoms with van der Waals surface area (Å²) in [5, 5.41) is 34.9. The van der Waals surface area contributed by atoms with Crippen LogP contribution < -0.4 is 0 Å². The molecule has 210 valence electrons. The van der Waals surface area contributed by atoms with E-state index in [1.54, 1.807) is 0 Å². The molecule has 3 N–H and O–H groups in total. The van der Waals surface area contributed by atoms with E-state index in [4.69, 9.17) is 14.2 Å². The van der Waals surface area contributed by atoms with Crippen molar-refractivity contribution in [3.63, 3.8) is 0 Å². The van der Waals surface area contributed by atoms with Crippen molar-refractivity contribution in [1.82, 2.24) is 0 Å². The molecule has 2 heterocycles. The summed E-state index contributed by atoms with van der Waals surface area (Å²) in [6, 6.07) is 0. The van der Waals surface area contributed by atoms with E-state index in [9.17, 15) is 20.1 Å². The monoisotopic (exact) mass is 520 g/mol. The molecule has 0 radical (unpaired) electrons. The van der Waals surface area contributed by atoms with Crippen LogP contribution in [0.25, 0.3) is 0 Å². The summed E-state index contributed by atoms with van der Waals surface area (Å²) in [7, 11) is 0. The number of hydrogen-bond donors (Lipinski definition) is 3. The van der Waals surface area contributed by atoms with Crippen LogP contribution in [-0.4, -0.2) is 62.7 Å². The lowest BCUT2D eigenvalue weighted by Crippen LogP contribution is -2.63. The maximum absolute atomic E-state index is 12.2. The number of fused-ring (bicyclic) bond motifs is 7. The van der Waals surface area contributed by atoms with Crippen LogP contribution in [0.1, 0.15) is 93.4 Å². The molecule has 2 aliphatic heterocycles. The molecule has 7 heteroatoms. The fourth-order valence-electron chi connectivity index (χ4n) is 11.0. The Morgan fingerprint density at radius 2 is 1.65 bits per heavy atom. The van der Waals surface area contributed by atoms with Gasteiger partial charge in [-0.1, -0.05) is 20.8 Å². The van der Waals surface area contributed by atoms with Gasteiger partial charge in [-0.25, -0.2) is 0 Å². The summed E-state index contributed by atoms with van der Waals surface area (Å²) in [4.78, 5) is 11.8. The average Bonchev–Trinajstić information content (AvgIpc) is 3.26. The minimum absolute atomic E-state index is 0.0781. The number of hydrogen-bond acceptors (Lipinski definition) is 7. The molecule has 4 saturated carbocycles. The molecule has 4 aliphatic carbocycles. The molecule has 0 amide bonds. The highest BCUT2D eigenvalue weighted by Gasteiger charge is 2.77. The van der Waals surface area contributed by atoms with Gasteiger partial charge in [0.25, 0.3) is 0 Å². The van der Waals surface area contributed by atoms with Crippen molar-refractivity contribution < 1.29 is 34.3 Å². The lowest BCUT2D eigenvalue weighted by molar-refractivity contribution is -0.300. The number of aliphatic hydroxyl groups excluding tert-OH is 2. The van der Waals surface area contributed by atoms with Crippen LogP contribution in [0, 0.1) is 46.3 Å². The van der Waals surface area contributed by atoms with Crippen LogP contribution in [-0.2, 0) is 19.0 Å². The highest BCUT2D eigenvalue weighted by atomic mass is 16.7. The van der Waals surface area contributed by atoms with Crippen LogP contribution >= 0.6 is 0 Å². The molecular formula is C30H48O7. The topological polar surface area (TPSA) is 105 Å². The molecular weight excluding hydrogens is 472 g/mol. The molecule has 6 fully saturated rings. The van der Waals surface area contributed by atoms with Gasteiger partial charge in [-0.05, 0) is 99.7 Å². The van der Waals surface area contributed by atoms with E-state index in [1.807, 2.05) is 6.92 Å². The number of esters is 1. The summed E-state index contributed by atoms with van der Waals surface area (Å²) in [6.45, 7) is 14.2. The summed E-state index contributed by atoms with van der Waals surface area (Å²) in [6.07, 6.45) is 3.63. The third kappa shape index (κ3) is 3.39. The van der Waals surface area contributed by atoms with Crippen molar-refractivity contribution in [2.45, 2.75) is 135 Å². The molecule has 6 rings (SSSR count). The van der Waals surface area contributed by atoms with E-state index in [-0.39, 0.29) is 46.3 Å². The summed E-state index contributed by atoms with van der Waals surface area (Å²) >= 11 is 0.